The lowest BCUT2D eigenvalue weighted by molar-refractivity contribution is 0.0139. The summed E-state index contributed by atoms with van der Waals surface area (Å²) >= 11 is 0. The van der Waals surface area contributed by atoms with Crippen molar-refractivity contribution in [3.8, 4) is 0 Å². The van der Waals surface area contributed by atoms with Crippen LogP contribution in [0.15, 0.2) is 0 Å². The largest absolute Gasteiger partial charge is 0.379 e. The Labute approximate surface area is 118 Å². The van der Waals surface area contributed by atoms with Crippen LogP contribution >= 0.6 is 0 Å². The molecular weight excluding hydrogens is 236 g/mol. The maximum atomic E-state index is 5.47. The Morgan fingerprint density at radius 3 is 2.47 bits per heavy atom. The van der Waals surface area contributed by atoms with E-state index in [0.29, 0.717) is 0 Å². The number of ether oxygens (including phenoxy) is 1. The summed E-state index contributed by atoms with van der Waals surface area (Å²) in [6, 6.07) is 3.25. The normalized spacial score (nSPS) is 38.2. The number of hydrogen-bond donors (Lipinski definition) is 0. The third-order valence-electron chi connectivity index (χ3n) is 5.63. The SMILES string of the molecule is CC(CC1CC2CCC1N2C(C)C)N1CCOCC1. The maximum Gasteiger partial charge on any atom is 0.0594 e. The molecule has 0 aromatic carbocycles. The Balaban J connectivity index is 1.56. The smallest absolute Gasteiger partial charge is 0.0594 e. The molecular formula is C16H30N2O. The molecule has 3 nitrogen and oxygen atoms in total. The fourth-order valence-electron chi connectivity index (χ4n) is 4.82. The first-order valence-electron chi connectivity index (χ1n) is 8.26. The quantitative estimate of drug-likeness (QED) is 0.777. The summed E-state index contributed by atoms with van der Waals surface area (Å²) in [6.45, 7) is 11.3. The molecule has 0 saturated carbocycles. The van der Waals surface area contributed by atoms with Gasteiger partial charge in [0.05, 0.1) is 13.2 Å². The molecule has 3 fully saturated rings. The molecule has 0 aromatic heterocycles. The van der Waals surface area contributed by atoms with Gasteiger partial charge in [-0.3, -0.25) is 9.80 Å². The molecule has 3 rings (SSSR count). The number of rotatable bonds is 4. The average molecular weight is 266 g/mol. The van der Waals surface area contributed by atoms with E-state index in [1.807, 2.05) is 0 Å². The zero-order valence-electron chi connectivity index (χ0n) is 12.8. The molecule has 0 radical (unpaired) electrons. The second-order valence-corrected chi connectivity index (χ2v) is 7.07. The minimum atomic E-state index is 0.737. The van der Waals surface area contributed by atoms with Gasteiger partial charge >= 0.3 is 0 Å². The lowest BCUT2D eigenvalue weighted by Gasteiger charge is -2.35. The van der Waals surface area contributed by atoms with Crippen molar-refractivity contribution >= 4 is 0 Å². The first-order valence-corrected chi connectivity index (χ1v) is 8.26. The van der Waals surface area contributed by atoms with E-state index in [9.17, 15) is 0 Å². The number of nitrogens with zero attached hydrogens (tertiary/aromatic N) is 2. The first kappa shape index (κ1) is 13.8. The average Bonchev–Trinajstić information content (AvgIpc) is 2.97. The van der Waals surface area contributed by atoms with Crippen LogP contribution in [-0.2, 0) is 4.74 Å². The van der Waals surface area contributed by atoms with E-state index in [1.54, 1.807) is 0 Å². The van der Waals surface area contributed by atoms with E-state index in [0.717, 1.165) is 56.4 Å². The Morgan fingerprint density at radius 1 is 1.11 bits per heavy atom. The van der Waals surface area contributed by atoms with Gasteiger partial charge in [0.25, 0.3) is 0 Å². The fraction of sp³-hybridized carbons (Fsp3) is 1.00. The predicted molar refractivity (Wildman–Crippen MR) is 78.4 cm³/mol. The van der Waals surface area contributed by atoms with Crippen molar-refractivity contribution in [1.29, 1.82) is 0 Å². The molecule has 4 unspecified atom stereocenters. The lowest BCUT2D eigenvalue weighted by atomic mass is 9.84. The van der Waals surface area contributed by atoms with Gasteiger partial charge in [-0.2, -0.15) is 0 Å². The van der Waals surface area contributed by atoms with Crippen molar-refractivity contribution in [3.63, 3.8) is 0 Å². The summed E-state index contributed by atoms with van der Waals surface area (Å²) in [7, 11) is 0. The van der Waals surface area contributed by atoms with Gasteiger partial charge in [0.15, 0.2) is 0 Å². The molecule has 0 spiro atoms. The van der Waals surface area contributed by atoms with Gasteiger partial charge in [-0.05, 0) is 52.4 Å². The number of fused-ring (bicyclic) bond motifs is 2. The van der Waals surface area contributed by atoms with E-state index >= 15 is 0 Å². The third-order valence-corrected chi connectivity index (χ3v) is 5.63. The van der Waals surface area contributed by atoms with Crippen molar-refractivity contribution in [2.24, 2.45) is 5.92 Å². The van der Waals surface area contributed by atoms with E-state index in [2.05, 4.69) is 30.6 Å². The Bertz CT molecular complexity index is 301. The van der Waals surface area contributed by atoms with Crippen molar-refractivity contribution in [2.45, 2.75) is 70.6 Å². The predicted octanol–water partition coefficient (Wildman–Crippen LogP) is 2.36. The minimum Gasteiger partial charge on any atom is -0.379 e. The highest BCUT2D eigenvalue weighted by molar-refractivity contribution is 5.02. The van der Waals surface area contributed by atoms with Gasteiger partial charge in [0.2, 0.25) is 0 Å². The Hall–Kier alpha value is -0.120. The van der Waals surface area contributed by atoms with Crippen LogP contribution < -0.4 is 0 Å². The van der Waals surface area contributed by atoms with E-state index in [-0.39, 0.29) is 0 Å². The summed E-state index contributed by atoms with van der Waals surface area (Å²) < 4.78 is 5.47. The molecule has 3 aliphatic heterocycles. The van der Waals surface area contributed by atoms with Crippen LogP contribution in [0.2, 0.25) is 0 Å². The molecule has 3 aliphatic rings. The molecule has 3 heterocycles. The number of morpholine rings is 1. The lowest BCUT2D eigenvalue weighted by Crippen LogP contribution is -2.44. The second-order valence-electron chi connectivity index (χ2n) is 7.07. The molecule has 3 saturated heterocycles. The molecule has 3 heteroatoms. The van der Waals surface area contributed by atoms with Crippen molar-refractivity contribution in [2.75, 3.05) is 26.3 Å². The molecule has 0 aromatic rings. The Kier molecular flexibility index (Phi) is 4.16. The molecule has 0 N–H and O–H groups in total. The van der Waals surface area contributed by atoms with Gasteiger partial charge in [-0.1, -0.05) is 0 Å². The van der Waals surface area contributed by atoms with Gasteiger partial charge in [0, 0.05) is 37.3 Å². The maximum absolute atomic E-state index is 5.47. The van der Waals surface area contributed by atoms with Crippen LogP contribution in [0.25, 0.3) is 0 Å². The van der Waals surface area contributed by atoms with Crippen LogP contribution in [0.3, 0.4) is 0 Å². The highest BCUT2D eigenvalue weighted by Crippen LogP contribution is 2.44. The summed E-state index contributed by atoms with van der Waals surface area (Å²) in [6.07, 6.45) is 5.75. The summed E-state index contributed by atoms with van der Waals surface area (Å²) in [5.41, 5.74) is 0. The fourth-order valence-corrected chi connectivity index (χ4v) is 4.82. The van der Waals surface area contributed by atoms with E-state index in [1.165, 1.54) is 25.7 Å². The molecule has 4 atom stereocenters. The van der Waals surface area contributed by atoms with Crippen LogP contribution in [0.4, 0.5) is 0 Å². The van der Waals surface area contributed by atoms with Crippen LogP contribution in [-0.4, -0.2) is 60.3 Å². The van der Waals surface area contributed by atoms with Crippen LogP contribution in [0, 0.1) is 5.92 Å². The topological polar surface area (TPSA) is 15.7 Å². The van der Waals surface area contributed by atoms with Crippen LogP contribution in [0.5, 0.6) is 0 Å². The van der Waals surface area contributed by atoms with Crippen molar-refractivity contribution < 1.29 is 4.74 Å². The molecule has 19 heavy (non-hydrogen) atoms. The monoisotopic (exact) mass is 266 g/mol. The standard InChI is InChI=1S/C16H30N2O/c1-12(2)18-15-4-5-16(18)14(11-15)10-13(3)17-6-8-19-9-7-17/h12-16H,4-11H2,1-3H3. The molecule has 0 aliphatic carbocycles. The zero-order valence-corrected chi connectivity index (χ0v) is 12.8. The Morgan fingerprint density at radius 2 is 1.84 bits per heavy atom. The summed E-state index contributed by atoms with van der Waals surface area (Å²) in [5, 5.41) is 0. The van der Waals surface area contributed by atoms with Gasteiger partial charge < -0.3 is 4.74 Å². The summed E-state index contributed by atoms with van der Waals surface area (Å²) in [4.78, 5) is 5.45. The molecule has 110 valence electrons. The van der Waals surface area contributed by atoms with Gasteiger partial charge in [0.1, 0.15) is 0 Å². The second kappa shape index (κ2) is 5.71. The van der Waals surface area contributed by atoms with Gasteiger partial charge in [-0.15, -0.1) is 0 Å². The molecule has 0 amide bonds. The highest BCUT2D eigenvalue weighted by Gasteiger charge is 2.47. The van der Waals surface area contributed by atoms with Gasteiger partial charge in [-0.25, -0.2) is 0 Å². The minimum absolute atomic E-state index is 0.737. The third kappa shape index (κ3) is 2.70. The summed E-state index contributed by atoms with van der Waals surface area (Å²) in [5.74, 6) is 0.944. The van der Waals surface area contributed by atoms with E-state index in [4.69, 9.17) is 4.74 Å². The first-order chi connectivity index (χ1) is 9.16. The number of hydrogen-bond acceptors (Lipinski definition) is 3. The highest BCUT2D eigenvalue weighted by atomic mass is 16.5. The van der Waals surface area contributed by atoms with Crippen molar-refractivity contribution in [3.05, 3.63) is 0 Å². The zero-order chi connectivity index (χ0) is 13.4. The molecule has 2 bridgehead atoms. The van der Waals surface area contributed by atoms with E-state index < -0.39 is 0 Å². The van der Waals surface area contributed by atoms with Crippen LogP contribution in [0.1, 0.15) is 46.5 Å². The van der Waals surface area contributed by atoms with Crippen molar-refractivity contribution in [1.82, 2.24) is 9.80 Å².